The first-order valence-corrected chi connectivity index (χ1v) is 6.41. The van der Waals surface area contributed by atoms with E-state index in [0.29, 0.717) is 6.04 Å². The predicted octanol–water partition coefficient (Wildman–Crippen LogP) is 1.66. The zero-order valence-corrected chi connectivity index (χ0v) is 10.5. The number of nitrogens with zero attached hydrogens (tertiary/aromatic N) is 1. The van der Waals surface area contributed by atoms with Crippen LogP contribution in [-0.2, 0) is 6.42 Å². The first-order chi connectivity index (χ1) is 8.15. The van der Waals surface area contributed by atoms with Gasteiger partial charge in [0, 0.05) is 24.8 Å². The van der Waals surface area contributed by atoms with Crippen molar-refractivity contribution in [3.8, 4) is 0 Å². The standard InChI is InChI=1S/C14H22N2O/c1-11(16-7-5-14(17)6-8-16)9-12-3-2-4-13(15)10-12/h2-4,10-11,14,17H,5-9,15H2,1H3. The fraction of sp³-hybridized carbons (Fsp3) is 0.571. The molecule has 0 bridgehead atoms. The van der Waals surface area contributed by atoms with Gasteiger partial charge in [-0.25, -0.2) is 0 Å². The van der Waals surface area contributed by atoms with Gasteiger partial charge in [-0.2, -0.15) is 0 Å². The largest absolute Gasteiger partial charge is 0.399 e. The maximum atomic E-state index is 9.49. The smallest absolute Gasteiger partial charge is 0.0564 e. The number of benzene rings is 1. The fourth-order valence-electron chi connectivity index (χ4n) is 2.52. The molecule has 0 aromatic heterocycles. The van der Waals surface area contributed by atoms with Gasteiger partial charge < -0.3 is 15.7 Å². The molecule has 1 aromatic carbocycles. The van der Waals surface area contributed by atoms with Gasteiger partial charge in [0.2, 0.25) is 0 Å². The number of nitrogen functional groups attached to an aromatic ring is 1. The summed E-state index contributed by atoms with van der Waals surface area (Å²) in [6.45, 7) is 4.26. The number of nitrogens with two attached hydrogens (primary N) is 1. The van der Waals surface area contributed by atoms with E-state index in [1.807, 2.05) is 12.1 Å². The Bertz CT molecular complexity index is 359. The number of aliphatic hydroxyl groups is 1. The van der Waals surface area contributed by atoms with Gasteiger partial charge >= 0.3 is 0 Å². The molecule has 2 rings (SSSR count). The number of hydrogen-bond donors (Lipinski definition) is 2. The summed E-state index contributed by atoms with van der Waals surface area (Å²) >= 11 is 0. The lowest BCUT2D eigenvalue weighted by molar-refractivity contribution is 0.0648. The van der Waals surface area contributed by atoms with Gasteiger partial charge in [-0.15, -0.1) is 0 Å². The van der Waals surface area contributed by atoms with Gasteiger partial charge in [0.25, 0.3) is 0 Å². The number of hydrogen-bond acceptors (Lipinski definition) is 3. The van der Waals surface area contributed by atoms with Crippen LogP contribution in [0.25, 0.3) is 0 Å². The third-order valence-electron chi connectivity index (χ3n) is 3.60. The minimum atomic E-state index is -0.0918. The van der Waals surface area contributed by atoms with Crippen LogP contribution in [0.3, 0.4) is 0 Å². The minimum Gasteiger partial charge on any atom is -0.399 e. The summed E-state index contributed by atoms with van der Waals surface area (Å²) in [6.07, 6.45) is 2.75. The molecule has 0 saturated carbocycles. The van der Waals surface area contributed by atoms with Crippen molar-refractivity contribution in [2.24, 2.45) is 0 Å². The molecule has 1 aliphatic rings. The van der Waals surface area contributed by atoms with Crippen molar-refractivity contribution in [3.05, 3.63) is 29.8 Å². The normalized spacial score (nSPS) is 20.4. The molecule has 94 valence electrons. The third-order valence-corrected chi connectivity index (χ3v) is 3.60. The summed E-state index contributed by atoms with van der Waals surface area (Å²) in [6, 6.07) is 8.63. The molecule has 1 atom stereocenters. The second-order valence-corrected chi connectivity index (χ2v) is 5.07. The highest BCUT2D eigenvalue weighted by Gasteiger charge is 2.21. The lowest BCUT2D eigenvalue weighted by atomic mass is 10.0. The zero-order valence-electron chi connectivity index (χ0n) is 10.5. The van der Waals surface area contributed by atoms with Crippen LogP contribution in [0.2, 0.25) is 0 Å². The van der Waals surface area contributed by atoms with Crippen LogP contribution in [-0.4, -0.2) is 35.2 Å². The van der Waals surface area contributed by atoms with E-state index in [-0.39, 0.29) is 6.10 Å². The number of likely N-dealkylation sites (tertiary alicyclic amines) is 1. The molecule has 1 heterocycles. The van der Waals surface area contributed by atoms with Crippen molar-refractivity contribution in [3.63, 3.8) is 0 Å². The van der Waals surface area contributed by atoms with Crippen LogP contribution in [0.4, 0.5) is 5.69 Å². The summed E-state index contributed by atoms with van der Waals surface area (Å²) in [5.74, 6) is 0. The Morgan fingerprint density at radius 1 is 1.41 bits per heavy atom. The molecule has 0 spiro atoms. The molecule has 3 nitrogen and oxygen atoms in total. The quantitative estimate of drug-likeness (QED) is 0.782. The third kappa shape index (κ3) is 3.45. The summed E-state index contributed by atoms with van der Waals surface area (Å²) in [5, 5.41) is 9.49. The highest BCUT2D eigenvalue weighted by atomic mass is 16.3. The van der Waals surface area contributed by atoms with Crippen molar-refractivity contribution in [2.45, 2.75) is 38.3 Å². The lowest BCUT2D eigenvalue weighted by Crippen LogP contribution is -2.42. The van der Waals surface area contributed by atoms with E-state index < -0.39 is 0 Å². The highest BCUT2D eigenvalue weighted by Crippen LogP contribution is 2.17. The van der Waals surface area contributed by atoms with Crippen LogP contribution < -0.4 is 5.73 Å². The average Bonchev–Trinajstić information content (AvgIpc) is 2.29. The van der Waals surface area contributed by atoms with E-state index in [9.17, 15) is 5.11 Å². The van der Waals surface area contributed by atoms with Gasteiger partial charge in [-0.05, 0) is 43.9 Å². The fourth-order valence-corrected chi connectivity index (χ4v) is 2.52. The number of rotatable bonds is 3. The maximum absolute atomic E-state index is 9.49. The van der Waals surface area contributed by atoms with Crippen molar-refractivity contribution in [1.82, 2.24) is 4.90 Å². The van der Waals surface area contributed by atoms with Crippen LogP contribution in [0.1, 0.15) is 25.3 Å². The summed E-state index contributed by atoms with van der Waals surface area (Å²) in [7, 11) is 0. The van der Waals surface area contributed by atoms with Gasteiger partial charge in [-0.1, -0.05) is 12.1 Å². The average molecular weight is 234 g/mol. The molecule has 0 amide bonds. The Kier molecular flexibility index (Phi) is 4.02. The molecule has 1 saturated heterocycles. The summed E-state index contributed by atoms with van der Waals surface area (Å²) in [5.41, 5.74) is 7.92. The molecular weight excluding hydrogens is 212 g/mol. The second-order valence-electron chi connectivity index (χ2n) is 5.07. The van der Waals surface area contributed by atoms with E-state index in [0.717, 1.165) is 38.0 Å². The highest BCUT2D eigenvalue weighted by molar-refractivity contribution is 5.40. The molecular formula is C14H22N2O. The van der Waals surface area contributed by atoms with E-state index in [4.69, 9.17) is 5.73 Å². The van der Waals surface area contributed by atoms with E-state index >= 15 is 0 Å². The van der Waals surface area contributed by atoms with Crippen LogP contribution in [0, 0.1) is 0 Å². The summed E-state index contributed by atoms with van der Waals surface area (Å²) in [4.78, 5) is 2.45. The maximum Gasteiger partial charge on any atom is 0.0564 e. The lowest BCUT2D eigenvalue weighted by Gasteiger charge is -2.34. The number of aliphatic hydroxyl groups excluding tert-OH is 1. The van der Waals surface area contributed by atoms with Crippen molar-refractivity contribution >= 4 is 5.69 Å². The monoisotopic (exact) mass is 234 g/mol. The Morgan fingerprint density at radius 3 is 2.76 bits per heavy atom. The van der Waals surface area contributed by atoms with E-state index in [2.05, 4.69) is 24.0 Å². The predicted molar refractivity (Wildman–Crippen MR) is 70.8 cm³/mol. The van der Waals surface area contributed by atoms with Gasteiger partial charge in [0.05, 0.1) is 6.10 Å². The Balaban J connectivity index is 1.90. The van der Waals surface area contributed by atoms with E-state index in [1.165, 1.54) is 5.56 Å². The minimum absolute atomic E-state index is 0.0918. The van der Waals surface area contributed by atoms with Crippen LogP contribution >= 0.6 is 0 Å². The molecule has 3 heteroatoms. The first-order valence-electron chi connectivity index (χ1n) is 6.41. The Morgan fingerprint density at radius 2 is 2.12 bits per heavy atom. The molecule has 3 N–H and O–H groups in total. The molecule has 1 aliphatic heterocycles. The zero-order chi connectivity index (χ0) is 12.3. The Hall–Kier alpha value is -1.06. The topological polar surface area (TPSA) is 49.5 Å². The van der Waals surface area contributed by atoms with Gasteiger partial charge in [0.15, 0.2) is 0 Å². The number of piperidine rings is 1. The van der Waals surface area contributed by atoms with Crippen molar-refractivity contribution in [1.29, 1.82) is 0 Å². The van der Waals surface area contributed by atoms with Gasteiger partial charge in [0.1, 0.15) is 0 Å². The number of anilines is 1. The van der Waals surface area contributed by atoms with Crippen LogP contribution in [0.5, 0.6) is 0 Å². The molecule has 0 radical (unpaired) electrons. The SMILES string of the molecule is CC(Cc1cccc(N)c1)N1CCC(O)CC1. The van der Waals surface area contributed by atoms with E-state index in [1.54, 1.807) is 0 Å². The molecule has 1 aromatic rings. The van der Waals surface area contributed by atoms with Crippen molar-refractivity contribution < 1.29 is 5.11 Å². The Labute approximate surface area is 103 Å². The summed E-state index contributed by atoms with van der Waals surface area (Å²) < 4.78 is 0. The molecule has 0 aliphatic carbocycles. The van der Waals surface area contributed by atoms with Crippen molar-refractivity contribution in [2.75, 3.05) is 18.8 Å². The molecule has 17 heavy (non-hydrogen) atoms. The van der Waals surface area contributed by atoms with Gasteiger partial charge in [-0.3, -0.25) is 0 Å². The second kappa shape index (κ2) is 5.52. The first kappa shape index (κ1) is 12.4. The molecule has 1 fully saturated rings. The molecule has 1 unspecified atom stereocenters. The van der Waals surface area contributed by atoms with Crippen LogP contribution in [0.15, 0.2) is 24.3 Å².